The SMILES string of the molecule is NCCCC(N)C(=O)OC(=O)Cc1ccccc1. The van der Waals surface area contributed by atoms with E-state index in [1.807, 2.05) is 18.2 Å². The van der Waals surface area contributed by atoms with Crippen LogP contribution in [0.1, 0.15) is 18.4 Å². The first-order valence-electron chi connectivity index (χ1n) is 5.87. The van der Waals surface area contributed by atoms with Crippen molar-refractivity contribution in [2.45, 2.75) is 25.3 Å². The molecular formula is C13H18N2O3. The number of hydrogen-bond donors (Lipinski definition) is 2. The van der Waals surface area contributed by atoms with Crippen LogP contribution >= 0.6 is 0 Å². The molecule has 0 aliphatic heterocycles. The van der Waals surface area contributed by atoms with E-state index < -0.39 is 18.0 Å². The van der Waals surface area contributed by atoms with Crippen molar-refractivity contribution < 1.29 is 14.3 Å². The molecule has 0 radical (unpaired) electrons. The Bertz CT molecular complexity index is 392. The van der Waals surface area contributed by atoms with Crippen LogP contribution in [0.2, 0.25) is 0 Å². The monoisotopic (exact) mass is 250 g/mol. The minimum Gasteiger partial charge on any atom is -0.392 e. The molecule has 0 amide bonds. The molecule has 18 heavy (non-hydrogen) atoms. The molecule has 0 fully saturated rings. The Morgan fingerprint density at radius 2 is 1.89 bits per heavy atom. The van der Waals surface area contributed by atoms with Gasteiger partial charge in [-0.15, -0.1) is 0 Å². The zero-order chi connectivity index (χ0) is 13.4. The molecule has 5 nitrogen and oxygen atoms in total. The molecule has 1 aromatic carbocycles. The van der Waals surface area contributed by atoms with Gasteiger partial charge in [-0.3, -0.25) is 4.79 Å². The summed E-state index contributed by atoms with van der Waals surface area (Å²) in [6.07, 6.45) is 1.12. The van der Waals surface area contributed by atoms with Gasteiger partial charge in [0.05, 0.1) is 6.42 Å². The maximum atomic E-state index is 11.5. The minimum absolute atomic E-state index is 0.0657. The van der Waals surface area contributed by atoms with Crippen LogP contribution in [-0.4, -0.2) is 24.5 Å². The third-order valence-electron chi connectivity index (χ3n) is 2.43. The maximum absolute atomic E-state index is 11.5. The molecule has 0 aromatic heterocycles. The molecule has 0 saturated carbocycles. The summed E-state index contributed by atoms with van der Waals surface area (Å²) >= 11 is 0. The molecule has 0 bridgehead atoms. The summed E-state index contributed by atoms with van der Waals surface area (Å²) in [5.41, 5.74) is 11.7. The van der Waals surface area contributed by atoms with Crippen molar-refractivity contribution >= 4 is 11.9 Å². The summed E-state index contributed by atoms with van der Waals surface area (Å²) in [7, 11) is 0. The van der Waals surface area contributed by atoms with Gasteiger partial charge in [0.2, 0.25) is 0 Å². The van der Waals surface area contributed by atoms with Crippen molar-refractivity contribution in [1.29, 1.82) is 0 Å². The normalized spacial score (nSPS) is 11.9. The van der Waals surface area contributed by atoms with Gasteiger partial charge < -0.3 is 16.2 Å². The number of ether oxygens (including phenoxy) is 1. The highest BCUT2D eigenvalue weighted by atomic mass is 16.6. The second-order valence-corrected chi connectivity index (χ2v) is 3.99. The van der Waals surface area contributed by atoms with Gasteiger partial charge in [-0.2, -0.15) is 0 Å². The van der Waals surface area contributed by atoms with Crippen molar-refractivity contribution in [3.05, 3.63) is 35.9 Å². The number of benzene rings is 1. The molecule has 0 spiro atoms. The molecule has 4 N–H and O–H groups in total. The first-order chi connectivity index (χ1) is 8.63. The molecule has 1 aromatic rings. The molecular weight excluding hydrogens is 232 g/mol. The lowest BCUT2D eigenvalue weighted by molar-refractivity contribution is -0.160. The van der Waals surface area contributed by atoms with Gasteiger partial charge in [0, 0.05) is 0 Å². The Hall–Kier alpha value is -1.72. The maximum Gasteiger partial charge on any atom is 0.330 e. The van der Waals surface area contributed by atoms with Crippen molar-refractivity contribution in [2.24, 2.45) is 11.5 Å². The summed E-state index contributed by atoms with van der Waals surface area (Å²) in [5.74, 6) is -1.28. The van der Waals surface area contributed by atoms with Crippen molar-refractivity contribution in [3.8, 4) is 0 Å². The fourth-order valence-corrected chi connectivity index (χ4v) is 1.44. The average Bonchev–Trinajstić information content (AvgIpc) is 2.36. The zero-order valence-corrected chi connectivity index (χ0v) is 10.2. The van der Waals surface area contributed by atoms with Gasteiger partial charge in [0.25, 0.3) is 0 Å². The highest BCUT2D eigenvalue weighted by Gasteiger charge is 2.18. The second kappa shape index (κ2) is 7.58. The summed E-state index contributed by atoms with van der Waals surface area (Å²) < 4.78 is 4.67. The van der Waals surface area contributed by atoms with Crippen molar-refractivity contribution in [2.75, 3.05) is 6.54 Å². The quantitative estimate of drug-likeness (QED) is 0.561. The van der Waals surface area contributed by atoms with Gasteiger partial charge in [-0.1, -0.05) is 30.3 Å². The molecule has 0 aliphatic carbocycles. The number of nitrogens with two attached hydrogens (primary N) is 2. The van der Waals surface area contributed by atoms with Crippen LogP contribution in [-0.2, 0) is 20.7 Å². The predicted molar refractivity (Wildman–Crippen MR) is 67.5 cm³/mol. The summed E-state index contributed by atoms with van der Waals surface area (Å²) in [6.45, 7) is 0.457. The Morgan fingerprint density at radius 3 is 2.50 bits per heavy atom. The van der Waals surface area contributed by atoms with Gasteiger partial charge in [-0.25, -0.2) is 4.79 Å². The van der Waals surface area contributed by atoms with E-state index in [9.17, 15) is 9.59 Å². The molecule has 98 valence electrons. The number of carbonyl (C=O) groups excluding carboxylic acids is 2. The third-order valence-corrected chi connectivity index (χ3v) is 2.43. The largest absolute Gasteiger partial charge is 0.392 e. The lowest BCUT2D eigenvalue weighted by Crippen LogP contribution is -2.34. The van der Waals surface area contributed by atoms with E-state index in [1.54, 1.807) is 12.1 Å². The lowest BCUT2D eigenvalue weighted by atomic mass is 10.1. The third kappa shape index (κ3) is 5.07. The van der Waals surface area contributed by atoms with Gasteiger partial charge >= 0.3 is 11.9 Å². The number of carbonyl (C=O) groups is 2. The van der Waals surface area contributed by atoms with Crippen LogP contribution in [0.25, 0.3) is 0 Å². The Kier molecular flexibility index (Phi) is 6.04. The highest BCUT2D eigenvalue weighted by molar-refractivity contribution is 5.89. The standard InChI is InChI=1S/C13H18N2O3/c14-8-4-7-11(15)13(17)18-12(16)9-10-5-2-1-3-6-10/h1-3,5-6,11H,4,7-9,14-15H2. The van der Waals surface area contributed by atoms with Crippen LogP contribution in [0, 0.1) is 0 Å². The molecule has 0 heterocycles. The predicted octanol–water partition coefficient (Wildman–Crippen LogP) is 0.365. The van der Waals surface area contributed by atoms with E-state index in [0.717, 1.165) is 5.56 Å². The summed E-state index contributed by atoms with van der Waals surface area (Å²) in [6, 6.07) is 8.28. The van der Waals surface area contributed by atoms with Crippen molar-refractivity contribution in [1.82, 2.24) is 0 Å². The van der Waals surface area contributed by atoms with Crippen LogP contribution < -0.4 is 11.5 Å². The molecule has 1 unspecified atom stereocenters. The van der Waals surface area contributed by atoms with Gasteiger partial charge in [-0.05, 0) is 24.9 Å². The van der Waals surface area contributed by atoms with Crippen LogP contribution in [0.4, 0.5) is 0 Å². The molecule has 0 saturated heterocycles. The number of rotatable bonds is 6. The van der Waals surface area contributed by atoms with E-state index in [0.29, 0.717) is 19.4 Å². The van der Waals surface area contributed by atoms with Crippen molar-refractivity contribution in [3.63, 3.8) is 0 Å². The molecule has 1 atom stereocenters. The topological polar surface area (TPSA) is 95.4 Å². The summed E-state index contributed by atoms with van der Waals surface area (Å²) in [5, 5.41) is 0. The Balaban J connectivity index is 2.38. The van der Waals surface area contributed by atoms with Crippen LogP contribution in [0.3, 0.4) is 0 Å². The van der Waals surface area contributed by atoms with Crippen LogP contribution in [0.15, 0.2) is 30.3 Å². The van der Waals surface area contributed by atoms with E-state index in [4.69, 9.17) is 11.5 Å². The zero-order valence-electron chi connectivity index (χ0n) is 10.2. The first kappa shape index (κ1) is 14.3. The smallest absolute Gasteiger partial charge is 0.330 e. The fraction of sp³-hybridized carbons (Fsp3) is 0.385. The Morgan fingerprint density at radius 1 is 1.22 bits per heavy atom. The first-order valence-corrected chi connectivity index (χ1v) is 5.87. The highest BCUT2D eigenvalue weighted by Crippen LogP contribution is 2.02. The summed E-state index contributed by atoms with van der Waals surface area (Å²) in [4.78, 5) is 22.9. The number of hydrogen-bond acceptors (Lipinski definition) is 5. The average molecular weight is 250 g/mol. The van der Waals surface area contributed by atoms with E-state index in [2.05, 4.69) is 4.74 Å². The lowest BCUT2D eigenvalue weighted by Gasteiger charge is -2.09. The van der Waals surface area contributed by atoms with Gasteiger partial charge in [0.15, 0.2) is 0 Å². The molecule has 1 rings (SSSR count). The van der Waals surface area contributed by atoms with Gasteiger partial charge in [0.1, 0.15) is 6.04 Å². The van der Waals surface area contributed by atoms with E-state index >= 15 is 0 Å². The number of esters is 2. The minimum atomic E-state index is -0.784. The van der Waals surface area contributed by atoms with E-state index in [1.165, 1.54) is 0 Å². The molecule has 0 aliphatic rings. The molecule has 5 heteroatoms. The fourth-order valence-electron chi connectivity index (χ4n) is 1.44. The second-order valence-electron chi connectivity index (χ2n) is 3.99. The van der Waals surface area contributed by atoms with Crippen LogP contribution in [0.5, 0.6) is 0 Å². The van der Waals surface area contributed by atoms with E-state index in [-0.39, 0.29) is 6.42 Å². The Labute approximate surface area is 106 Å².